The van der Waals surface area contributed by atoms with E-state index in [2.05, 4.69) is 28.9 Å². The van der Waals surface area contributed by atoms with Crippen molar-refractivity contribution in [1.82, 2.24) is 15.5 Å². The van der Waals surface area contributed by atoms with Crippen molar-refractivity contribution < 1.29 is 19.2 Å². The molecule has 1 aliphatic heterocycles. The minimum Gasteiger partial charge on any atom is -0.347 e. The number of carbonyl (C=O) groups excluding carboxylic acids is 4. The number of imide groups is 1. The first-order valence-corrected chi connectivity index (χ1v) is 6.34. The smallest absolute Gasteiger partial charge is 0.253 e. The minimum absolute atomic E-state index is 0.0114. The van der Waals surface area contributed by atoms with Gasteiger partial charge in [0.2, 0.25) is 11.8 Å². The fraction of sp³-hybridized carbons (Fsp3) is 0.333. The van der Waals surface area contributed by atoms with Crippen molar-refractivity contribution >= 4 is 23.6 Å². The highest BCUT2D eigenvalue weighted by atomic mass is 16.2. The van der Waals surface area contributed by atoms with Crippen molar-refractivity contribution in [3.05, 3.63) is 12.2 Å². The molecule has 0 aromatic carbocycles. The Morgan fingerprint density at radius 1 is 1.14 bits per heavy atom. The number of rotatable bonds is 6. The average Bonchev–Trinajstić information content (AvgIpc) is 2.80. The second kappa shape index (κ2) is 10.7. The van der Waals surface area contributed by atoms with Crippen LogP contribution in [0.5, 0.6) is 0 Å². The monoisotopic (exact) mass is 303 g/mol. The van der Waals surface area contributed by atoms with E-state index in [4.69, 9.17) is 6.42 Å². The van der Waals surface area contributed by atoms with Gasteiger partial charge in [0.25, 0.3) is 11.8 Å². The van der Waals surface area contributed by atoms with Crippen LogP contribution < -0.4 is 10.6 Å². The van der Waals surface area contributed by atoms with Gasteiger partial charge in [0.05, 0.1) is 13.1 Å². The van der Waals surface area contributed by atoms with Gasteiger partial charge in [0.1, 0.15) is 0 Å². The summed E-state index contributed by atoms with van der Waals surface area (Å²) in [5.74, 6) is 2.77. The van der Waals surface area contributed by atoms with Gasteiger partial charge in [0.15, 0.2) is 0 Å². The van der Waals surface area contributed by atoms with E-state index in [1.165, 1.54) is 0 Å². The summed E-state index contributed by atoms with van der Waals surface area (Å²) in [5, 5.41) is 4.74. The first kappa shape index (κ1) is 18.9. The van der Waals surface area contributed by atoms with Crippen molar-refractivity contribution in [1.29, 1.82) is 0 Å². The summed E-state index contributed by atoms with van der Waals surface area (Å²) in [6, 6.07) is 0. The lowest BCUT2D eigenvalue weighted by Crippen LogP contribution is -2.39. The third kappa shape index (κ3) is 7.51. The summed E-state index contributed by atoms with van der Waals surface area (Å²) < 4.78 is 0. The lowest BCUT2D eigenvalue weighted by Gasteiger charge is -2.13. The van der Waals surface area contributed by atoms with Crippen molar-refractivity contribution in [3.63, 3.8) is 0 Å². The molecule has 4 amide bonds. The number of terminal acetylenes is 2. The highest BCUT2D eigenvalue weighted by molar-refractivity contribution is 6.13. The zero-order chi connectivity index (χ0) is 17.0. The fourth-order valence-corrected chi connectivity index (χ4v) is 1.34. The zero-order valence-corrected chi connectivity index (χ0v) is 12.2. The Balaban J connectivity index is 0.00000135. The summed E-state index contributed by atoms with van der Waals surface area (Å²) in [6.45, 7) is 1.54. The van der Waals surface area contributed by atoms with Gasteiger partial charge in [-0.25, -0.2) is 0 Å². The molecule has 0 fully saturated rings. The van der Waals surface area contributed by atoms with Crippen LogP contribution in [-0.2, 0) is 19.2 Å². The molecule has 2 N–H and O–H groups in total. The molecule has 7 nitrogen and oxygen atoms in total. The van der Waals surface area contributed by atoms with Gasteiger partial charge in [-0.1, -0.05) is 5.92 Å². The number of nitrogens with one attached hydrogen (secondary N) is 2. The number of amides is 4. The van der Waals surface area contributed by atoms with Crippen molar-refractivity contribution in [2.45, 2.75) is 13.3 Å². The van der Waals surface area contributed by atoms with Crippen LogP contribution in [0.1, 0.15) is 13.3 Å². The maximum absolute atomic E-state index is 11.4. The van der Waals surface area contributed by atoms with E-state index >= 15 is 0 Å². The van der Waals surface area contributed by atoms with Crippen LogP contribution in [0.4, 0.5) is 0 Å². The van der Waals surface area contributed by atoms with Crippen molar-refractivity contribution in [2.75, 3.05) is 19.6 Å². The summed E-state index contributed by atoms with van der Waals surface area (Å²) in [6.07, 6.45) is 11.8. The van der Waals surface area contributed by atoms with Gasteiger partial charge in [-0.05, 0) is 6.92 Å². The van der Waals surface area contributed by atoms with Gasteiger partial charge < -0.3 is 10.6 Å². The molecule has 1 rings (SSSR count). The standard InChI is InChI=1S/C12H13N3O4.C3H4/c1-2-6-13-10(17)8-14-9(16)5-7-15-11(18)3-4-12(15)19;1-3-2/h1,3-4H,5-8H2,(H,13,17)(H,14,16);1H,2H3. The van der Waals surface area contributed by atoms with Crippen LogP contribution in [0, 0.1) is 24.7 Å². The predicted octanol–water partition coefficient (Wildman–Crippen LogP) is -1.19. The fourth-order valence-electron chi connectivity index (χ4n) is 1.34. The maximum Gasteiger partial charge on any atom is 0.253 e. The molecule has 0 atom stereocenters. The molecule has 116 valence electrons. The topological polar surface area (TPSA) is 95.6 Å². The van der Waals surface area contributed by atoms with E-state index in [0.717, 1.165) is 17.1 Å². The van der Waals surface area contributed by atoms with E-state index in [0.29, 0.717) is 0 Å². The van der Waals surface area contributed by atoms with Crippen molar-refractivity contribution in [2.24, 2.45) is 0 Å². The molecule has 0 spiro atoms. The molecule has 0 bridgehead atoms. The zero-order valence-electron chi connectivity index (χ0n) is 12.2. The van der Waals surface area contributed by atoms with E-state index in [9.17, 15) is 19.2 Å². The molecule has 1 aliphatic rings. The molecule has 7 heteroatoms. The van der Waals surface area contributed by atoms with Crippen molar-refractivity contribution in [3.8, 4) is 24.7 Å². The third-order valence-corrected chi connectivity index (χ3v) is 2.30. The van der Waals surface area contributed by atoms with Gasteiger partial charge in [-0.15, -0.1) is 18.8 Å². The number of nitrogens with zero attached hydrogens (tertiary/aromatic N) is 1. The number of carbonyl (C=O) groups is 4. The van der Waals surface area contributed by atoms with Crippen LogP contribution in [-0.4, -0.2) is 48.2 Å². The van der Waals surface area contributed by atoms with Crippen LogP contribution >= 0.6 is 0 Å². The minimum atomic E-state index is -0.440. The SMILES string of the molecule is C#CC.C#CCNC(=O)CNC(=O)CCN1C(=O)C=CC1=O. The van der Waals surface area contributed by atoms with E-state index < -0.39 is 23.6 Å². The van der Waals surface area contributed by atoms with Gasteiger partial charge in [-0.2, -0.15) is 0 Å². The molecule has 0 unspecified atom stereocenters. The molecular formula is C15H17N3O4. The molecule has 0 saturated heterocycles. The number of hydrogen-bond donors (Lipinski definition) is 2. The summed E-state index contributed by atoms with van der Waals surface area (Å²) in [5.41, 5.74) is 0. The molecule has 0 aromatic rings. The first-order valence-electron chi connectivity index (χ1n) is 6.34. The largest absolute Gasteiger partial charge is 0.347 e. The molecule has 0 radical (unpaired) electrons. The highest BCUT2D eigenvalue weighted by Crippen LogP contribution is 2.03. The van der Waals surface area contributed by atoms with E-state index in [1.807, 2.05) is 0 Å². The lowest BCUT2D eigenvalue weighted by atomic mass is 10.3. The van der Waals surface area contributed by atoms with Crippen LogP contribution in [0.25, 0.3) is 0 Å². The Labute approximate surface area is 129 Å². The normalized spacial score (nSPS) is 11.9. The Hall–Kier alpha value is -3.06. The Morgan fingerprint density at radius 3 is 2.18 bits per heavy atom. The number of hydrogen-bond acceptors (Lipinski definition) is 4. The molecule has 0 aromatic heterocycles. The van der Waals surface area contributed by atoms with Gasteiger partial charge in [-0.3, -0.25) is 24.1 Å². The second-order valence-electron chi connectivity index (χ2n) is 3.96. The molecular weight excluding hydrogens is 286 g/mol. The van der Waals surface area contributed by atoms with Crippen LogP contribution in [0.3, 0.4) is 0 Å². The average molecular weight is 303 g/mol. The maximum atomic E-state index is 11.4. The molecule has 0 aliphatic carbocycles. The Kier molecular flexibility index (Phi) is 9.21. The highest BCUT2D eigenvalue weighted by Gasteiger charge is 2.23. The summed E-state index contributed by atoms with van der Waals surface area (Å²) >= 11 is 0. The first-order chi connectivity index (χ1) is 10.5. The summed E-state index contributed by atoms with van der Waals surface area (Å²) in [7, 11) is 0. The van der Waals surface area contributed by atoms with Gasteiger partial charge >= 0.3 is 0 Å². The van der Waals surface area contributed by atoms with E-state index in [-0.39, 0.29) is 26.1 Å². The molecule has 1 heterocycles. The molecule has 0 saturated carbocycles. The quantitative estimate of drug-likeness (QED) is 0.476. The van der Waals surface area contributed by atoms with Gasteiger partial charge in [0, 0.05) is 25.1 Å². The lowest BCUT2D eigenvalue weighted by molar-refractivity contribution is -0.137. The van der Waals surface area contributed by atoms with Crippen LogP contribution in [0.15, 0.2) is 12.2 Å². The third-order valence-electron chi connectivity index (χ3n) is 2.30. The Bertz CT molecular complexity index is 534. The van der Waals surface area contributed by atoms with Crippen LogP contribution in [0.2, 0.25) is 0 Å². The summed E-state index contributed by atoms with van der Waals surface area (Å²) in [4.78, 5) is 45.8. The molecule has 22 heavy (non-hydrogen) atoms. The predicted molar refractivity (Wildman–Crippen MR) is 79.8 cm³/mol. The van der Waals surface area contributed by atoms with E-state index in [1.54, 1.807) is 6.92 Å². The second-order valence-corrected chi connectivity index (χ2v) is 3.96. The Morgan fingerprint density at radius 2 is 1.68 bits per heavy atom.